The highest BCUT2D eigenvalue weighted by molar-refractivity contribution is 6.30. The molecule has 0 saturated carbocycles. The van der Waals surface area contributed by atoms with Crippen LogP contribution in [0.5, 0.6) is 0 Å². The van der Waals surface area contributed by atoms with Crippen molar-refractivity contribution >= 4 is 28.9 Å². The third-order valence-corrected chi connectivity index (χ3v) is 6.70. The number of pyridine rings is 1. The number of nitrogens with two attached hydrogens (primary N) is 1. The van der Waals surface area contributed by atoms with E-state index in [9.17, 15) is 4.79 Å². The Balaban J connectivity index is 1.55. The maximum Gasteiger partial charge on any atom is 0.242 e. The minimum atomic E-state index is -0.258. The highest BCUT2D eigenvalue weighted by atomic mass is 35.5. The van der Waals surface area contributed by atoms with Crippen LogP contribution >= 0.6 is 11.6 Å². The number of amides is 1. The van der Waals surface area contributed by atoms with Gasteiger partial charge in [-0.1, -0.05) is 23.7 Å². The zero-order valence-corrected chi connectivity index (χ0v) is 20.1. The first-order chi connectivity index (χ1) is 15.9. The van der Waals surface area contributed by atoms with E-state index in [1.165, 1.54) is 0 Å². The van der Waals surface area contributed by atoms with Crippen molar-refractivity contribution < 1.29 is 9.53 Å². The minimum absolute atomic E-state index is 0.0730. The Morgan fingerprint density at radius 3 is 2.58 bits per heavy atom. The molecule has 8 heteroatoms. The maximum absolute atomic E-state index is 13.4. The van der Waals surface area contributed by atoms with Crippen LogP contribution < -0.4 is 5.73 Å². The Morgan fingerprint density at radius 1 is 1.15 bits per heavy atom. The van der Waals surface area contributed by atoms with E-state index in [4.69, 9.17) is 22.1 Å². The lowest BCUT2D eigenvalue weighted by molar-refractivity contribution is -0.155. The van der Waals surface area contributed by atoms with E-state index in [1.54, 1.807) is 12.4 Å². The Hall–Kier alpha value is -2.61. The van der Waals surface area contributed by atoms with Crippen molar-refractivity contribution in [3.8, 4) is 0 Å². The number of likely N-dealkylation sites (N-methyl/N-ethyl adjacent to an activating group) is 2. The van der Waals surface area contributed by atoms with Gasteiger partial charge in [0, 0.05) is 49.7 Å². The molecule has 1 aromatic carbocycles. The molecule has 2 fully saturated rings. The maximum atomic E-state index is 13.4. The molecule has 7 nitrogen and oxygen atoms in total. The van der Waals surface area contributed by atoms with Crippen LogP contribution in [0.4, 0.5) is 0 Å². The number of rotatable bonds is 5. The Bertz CT molecular complexity index is 994. The number of halogens is 1. The highest BCUT2D eigenvalue weighted by Crippen LogP contribution is 2.30. The zero-order valence-electron chi connectivity index (χ0n) is 19.3. The van der Waals surface area contributed by atoms with Gasteiger partial charge in [-0.2, -0.15) is 0 Å². The molecule has 1 atom stereocenters. The van der Waals surface area contributed by atoms with Crippen molar-refractivity contribution in [3.05, 3.63) is 64.9 Å². The Kier molecular flexibility index (Phi) is 7.22. The van der Waals surface area contributed by atoms with Gasteiger partial charge in [-0.15, -0.1) is 0 Å². The number of carbonyl (C=O) groups is 1. The number of ether oxygens (including phenoxy) is 1. The molecule has 2 saturated heterocycles. The fraction of sp³-hybridized carbons (Fsp3) is 0.440. The molecule has 33 heavy (non-hydrogen) atoms. The van der Waals surface area contributed by atoms with Crippen LogP contribution in [0.15, 0.2) is 48.8 Å². The van der Waals surface area contributed by atoms with Gasteiger partial charge in [0.25, 0.3) is 0 Å². The van der Waals surface area contributed by atoms with Crippen LogP contribution in [0, 0.1) is 0 Å². The number of morpholine rings is 1. The summed E-state index contributed by atoms with van der Waals surface area (Å²) in [5, 5.41) is 0.648. The number of carbonyl (C=O) groups excluding carboxylic acids is 1. The molecule has 0 bridgehead atoms. The highest BCUT2D eigenvalue weighted by Gasteiger charge is 2.41. The number of hydrogen-bond acceptors (Lipinski definition) is 6. The first kappa shape index (κ1) is 23.5. The van der Waals surface area contributed by atoms with Crippen LogP contribution in [0.2, 0.25) is 5.02 Å². The third-order valence-electron chi connectivity index (χ3n) is 6.45. The van der Waals surface area contributed by atoms with Crippen LogP contribution in [0.1, 0.15) is 24.0 Å². The number of aromatic nitrogens is 1. The molecular weight excluding hydrogens is 438 g/mol. The Labute approximate surface area is 200 Å². The molecule has 3 heterocycles. The largest absolute Gasteiger partial charge is 0.397 e. The smallest absolute Gasteiger partial charge is 0.242 e. The Morgan fingerprint density at radius 2 is 1.88 bits per heavy atom. The summed E-state index contributed by atoms with van der Waals surface area (Å²) in [6, 6.07) is 11.2. The molecule has 2 aromatic rings. The van der Waals surface area contributed by atoms with Gasteiger partial charge in [0.1, 0.15) is 0 Å². The normalized spacial score (nSPS) is 22.2. The monoisotopic (exact) mass is 469 g/mol. The molecule has 1 unspecified atom stereocenters. The van der Waals surface area contributed by atoms with E-state index in [1.807, 2.05) is 53.2 Å². The molecule has 2 aliphatic heterocycles. The second-order valence-corrected chi connectivity index (χ2v) is 9.49. The fourth-order valence-corrected chi connectivity index (χ4v) is 4.96. The van der Waals surface area contributed by atoms with E-state index in [0.717, 1.165) is 49.3 Å². The van der Waals surface area contributed by atoms with E-state index in [2.05, 4.69) is 16.9 Å². The van der Waals surface area contributed by atoms with Crippen LogP contribution in [0.3, 0.4) is 0 Å². The summed E-state index contributed by atoms with van der Waals surface area (Å²) >= 11 is 6.06. The summed E-state index contributed by atoms with van der Waals surface area (Å²) in [7, 11) is 4.02. The summed E-state index contributed by atoms with van der Waals surface area (Å²) in [5.41, 5.74) is 9.49. The van der Waals surface area contributed by atoms with Gasteiger partial charge in [0.05, 0.1) is 36.7 Å². The molecule has 0 radical (unpaired) electrons. The van der Waals surface area contributed by atoms with Gasteiger partial charge < -0.3 is 25.2 Å². The van der Waals surface area contributed by atoms with Gasteiger partial charge in [-0.3, -0.25) is 9.78 Å². The average Bonchev–Trinajstić information content (AvgIpc) is 2.80. The van der Waals surface area contributed by atoms with Crippen molar-refractivity contribution in [2.24, 2.45) is 5.73 Å². The minimum Gasteiger partial charge on any atom is -0.397 e. The lowest BCUT2D eigenvalue weighted by atomic mass is 9.90. The van der Waals surface area contributed by atoms with E-state index >= 15 is 0 Å². The number of benzene rings is 1. The zero-order chi connectivity index (χ0) is 23.4. The van der Waals surface area contributed by atoms with E-state index in [0.29, 0.717) is 23.9 Å². The molecule has 1 amide bonds. The van der Waals surface area contributed by atoms with Crippen LogP contribution in [-0.4, -0.2) is 84.6 Å². The fourth-order valence-electron chi connectivity index (χ4n) is 4.83. The quantitative estimate of drug-likeness (QED) is 0.725. The molecule has 2 aliphatic rings. The lowest BCUT2D eigenvalue weighted by Gasteiger charge is -2.47. The van der Waals surface area contributed by atoms with Crippen LogP contribution in [-0.2, 0) is 9.53 Å². The SMILES string of the molecule is CN1CCOC2(CCCN(C(=O)CN(C)/C(=C(\N)c3ccc(Cl)cc3)c3ccncc3)C2)C1. The predicted octanol–water partition coefficient (Wildman–Crippen LogP) is 2.77. The standard InChI is InChI=1S/C25H32ClN5O2/c1-29-14-15-33-25(17-29)10-3-13-31(18-25)22(32)16-30(2)24(20-8-11-28-12-9-20)23(27)19-4-6-21(26)7-5-19/h4-9,11-12H,3,10,13-18,27H2,1-2H3/b24-23-. The van der Waals surface area contributed by atoms with Gasteiger partial charge in [0.15, 0.2) is 0 Å². The average molecular weight is 470 g/mol. The van der Waals surface area contributed by atoms with Crippen molar-refractivity contribution in [3.63, 3.8) is 0 Å². The molecule has 4 rings (SSSR count). The molecule has 2 N–H and O–H groups in total. The number of nitrogens with zero attached hydrogens (tertiary/aromatic N) is 4. The van der Waals surface area contributed by atoms with Crippen molar-refractivity contribution in [2.45, 2.75) is 18.4 Å². The van der Waals surface area contributed by atoms with Gasteiger partial charge in [-0.25, -0.2) is 0 Å². The molecule has 1 aromatic heterocycles. The van der Waals surface area contributed by atoms with Gasteiger partial charge in [0.2, 0.25) is 5.91 Å². The second kappa shape index (κ2) is 10.1. The van der Waals surface area contributed by atoms with Crippen molar-refractivity contribution in [1.29, 1.82) is 0 Å². The summed E-state index contributed by atoms with van der Waals surface area (Å²) < 4.78 is 6.19. The first-order valence-electron chi connectivity index (χ1n) is 11.3. The molecule has 0 aliphatic carbocycles. The number of hydrogen-bond donors (Lipinski definition) is 1. The predicted molar refractivity (Wildman–Crippen MR) is 131 cm³/mol. The van der Waals surface area contributed by atoms with Gasteiger partial charge in [-0.05, 0) is 49.7 Å². The van der Waals surface area contributed by atoms with Crippen molar-refractivity contribution in [2.75, 3.05) is 53.4 Å². The van der Waals surface area contributed by atoms with Crippen LogP contribution in [0.25, 0.3) is 11.4 Å². The number of piperidine rings is 1. The molecule has 176 valence electrons. The summed E-state index contributed by atoms with van der Waals surface area (Å²) in [5.74, 6) is 0.0730. The van der Waals surface area contributed by atoms with Gasteiger partial charge >= 0.3 is 0 Å². The summed E-state index contributed by atoms with van der Waals surface area (Å²) in [6.07, 6.45) is 5.39. The number of likely N-dealkylation sites (tertiary alicyclic amines) is 1. The van der Waals surface area contributed by atoms with Crippen molar-refractivity contribution in [1.82, 2.24) is 19.7 Å². The van der Waals surface area contributed by atoms with E-state index in [-0.39, 0.29) is 18.1 Å². The first-order valence-corrected chi connectivity index (χ1v) is 11.7. The summed E-state index contributed by atoms with van der Waals surface area (Å²) in [4.78, 5) is 23.7. The molecule has 1 spiro atoms. The summed E-state index contributed by atoms with van der Waals surface area (Å²) in [6.45, 7) is 4.11. The second-order valence-electron chi connectivity index (χ2n) is 9.05. The topological polar surface area (TPSA) is 74.9 Å². The lowest BCUT2D eigenvalue weighted by Crippen LogP contribution is -2.60. The third kappa shape index (κ3) is 5.49. The van der Waals surface area contributed by atoms with E-state index < -0.39 is 0 Å². The molecular formula is C25H32ClN5O2.